The van der Waals surface area contributed by atoms with Crippen LogP contribution in [-0.4, -0.2) is 24.0 Å². The average Bonchev–Trinajstić information content (AvgIpc) is 2.56. The SMILES string of the molecule is CCNCCC(=O)NCc1nc(C)c(C)o1. The van der Waals surface area contributed by atoms with E-state index in [4.69, 9.17) is 4.42 Å². The van der Waals surface area contributed by atoms with Crippen LogP contribution in [-0.2, 0) is 11.3 Å². The van der Waals surface area contributed by atoms with Gasteiger partial charge in [-0.25, -0.2) is 4.98 Å². The second kappa shape index (κ2) is 6.27. The van der Waals surface area contributed by atoms with E-state index in [9.17, 15) is 4.79 Å². The van der Waals surface area contributed by atoms with Gasteiger partial charge in [0, 0.05) is 13.0 Å². The lowest BCUT2D eigenvalue weighted by Gasteiger charge is -2.02. The van der Waals surface area contributed by atoms with E-state index in [0.717, 1.165) is 18.0 Å². The fraction of sp³-hybridized carbons (Fsp3) is 0.636. The molecule has 90 valence electrons. The summed E-state index contributed by atoms with van der Waals surface area (Å²) in [6, 6.07) is 0. The van der Waals surface area contributed by atoms with Crippen molar-refractivity contribution in [2.75, 3.05) is 13.1 Å². The molecule has 0 saturated carbocycles. The number of oxazole rings is 1. The molecule has 1 aromatic heterocycles. The zero-order valence-electron chi connectivity index (χ0n) is 10.1. The molecule has 1 rings (SSSR count). The number of aryl methyl sites for hydroxylation is 2. The van der Waals surface area contributed by atoms with Crippen LogP contribution in [0.4, 0.5) is 0 Å². The first-order chi connectivity index (χ1) is 7.63. The van der Waals surface area contributed by atoms with Crippen LogP contribution in [0, 0.1) is 13.8 Å². The summed E-state index contributed by atoms with van der Waals surface area (Å²) in [5, 5.41) is 5.85. The zero-order valence-corrected chi connectivity index (χ0v) is 10.1. The lowest BCUT2D eigenvalue weighted by molar-refractivity contribution is -0.121. The Morgan fingerprint density at radius 1 is 1.44 bits per heavy atom. The highest BCUT2D eigenvalue weighted by Crippen LogP contribution is 2.07. The molecule has 1 heterocycles. The Bertz CT molecular complexity index is 327. The quantitative estimate of drug-likeness (QED) is 0.706. The summed E-state index contributed by atoms with van der Waals surface area (Å²) >= 11 is 0. The molecule has 0 radical (unpaired) electrons. The predicted octanol–water partition coefficient (Wildman–Crippen LogP) is 0.907. The number of nitrogens with one attached hydrogen (secondary N) is 2. The Labute approximate surface area is 95.6 Å². The molecular weight excluding hydrogens is 206 g/mol. The van der Waals surface area contributed by atoms with E-state index in [1.165, 1.54) is 0 Å². The smallest absolute Gasteiger partial charge is 0.221 e. The topological polar surface area (TPSA) is 67.2 Å². The lowest BCUT2D eigenvalue weighted by Crippen LogP contribution is -2.27. The number of aromatic nitrogens is 1. The highest BCUT2D eigenvalue weighted by atomic mass is 16.4. The van der Waals surface area contributed by atoms with Gasteiger partial charge in [0.2, 0.25) is 11.8 Å². The molecule has 1 amide bonds. The van der Waals surface area contributed by atoms with Crippen molar-refractivity contribution in [3.8, 4) is 0 Å². The largest absolute Gasteiger partial charge is 0.444 e. The molecule has 0 unspecified atom stereocenters. The van der Waals surface area contributed by atoms with Crippen LogP contribution in [0.3, 0.4) is 0 Å². The number of rotatable bonds is 6. The van der Waals surface area contributed by atoms with Crippen molar-refractivity contribution < 1.29 is 9.21 Å². The molecule has 16 heavy (non-hydrogen) atoms. The third-order valence-electron chi connectivity index (χ3n) is 2.29. The molecule has 2 N–H and O–H groups in total. The van der Waals surface area contributed by atoms with Crippen molar-refractivity contribution in [3.05, 3.63) is 17.3 Å². The molecule has 0 fully saturated rings. The molecule has 0 aliphatic heterocycles. The molecule has 0 aromatic carbocycles. The van der Waals surface area contributed by atoms with E-state index in [1.807, 2.05) is 20.8 Å². The highest BCUT2D eigenvalue weighted by Gasteiger charge is 2.06. The molecule has 0 saturated heterocycles. The Morgan fingerprint density at radius 3 is 2.75 bits per heavy atom. The van der Waals surface area contributed by atoms with Crippen molar-refractivity contribution in [1.82, 2.24) is 15.6 Å². The summed E-state index contributed by atoms with van der Waals surface area (Å²) in [7, 11) is 0. The molecule has 0 aliphatic carbocycles. The number of carbonyl (C=O) groups is 1. The molecular formula is C11H19N3O2. The van der Waals surface area contributed by atoms with Crippen LogP contribution in [0.1, 0.15) is 30.7 Å². The van der Waals surface area contributed by atoms with Gasteiger partial charge in [0.1, 0.15) is 5.76 Å². The second-order valence-electron chi connectivity index (χ2n) is 3.63. The summed E-state index contributed by atoms with van der Waals surface area (Å²) in [4.78, 5) is 15.5. The van der Waals surface area contributed by atoms with Gasteiger partial charge in [-0.2, -0.15) is 0 Å². The second-order valence-corrected chi connectivity index (χ2v) is 3.63. The Morgan fingerprint density at radius 2 is 2.19 bits per heavy atom. The fourth-order valence-electron chi connectivity index (χ4n) is 1.26. The summed E-state index contributed by atoms with van der Waals surface area (Å²) < 4.78 is 5.35. The fourth-order valence-corrected chi connectivity index (χ4v) is 1.26. The first-order valence-corrected chi connectivity index (χ1v) is 5.53. The molecule has 0 bridgehead atoms. The van der Waals surface area contributed by atoms with Gasteiger partial charge < -0.3 is 15.1 Å². The maximum atomic E-state index is 11.4. The summed E-state index contributed by atoms with van der Waals surface area (Å²) in [6.07, 6.45) is 0.479. The number of nitrogens with zero attached hydrogens (tertiary/aromatic N) is 1. The van der Waals surface area contributed by atoms with Crippen molar-refractivity contribution in [3.63, 3.8) is 0 Å². The van der Waals surface area contributed by atoms with Gasteiger partial charge in [0.05, 0.1) is 12.2 Å². The zero-order chi connectivity index (χ0) is 12.0. The van der Waals surface area contributed by atoms with Gasteiger partial charge >= 0.3 is 0 Å². The number of carbonyl (C=O) groups excluding carboxylic acids is 1. The third kappa shape index (κ3) is 4.02. The average molecular weight is 225 g/mol. The summed E-state index contributed by atoms with van der Waals surface area (Å²) in [5.41, 5.74) is 0.872. The molecule has 0 atom stereocenters. The standard InChI is InChI=1S/C11H19N3O2/c1-4-12-6-5-10(15)13-7-11-14-8(2)9(3)16-11/h12H,4-7H2,1-3H3,(H,13,15). The van der Waals surface area contributed by atoms with E-state index in [2.05, 4.69) is 15.6 Å². The monoisotopic (exact) mass is 225 g/mol. The maximum absolute atomic E-state index is 11.4. The van der Waals surface area contributed by atoms with Crippen LogP contribution in [0.2, 0.25) is 0 Å². The minimum Gasteiger partial charge on any atom is -0.444 e. The first kappa shape index (κ1) is 12.7. The number of hydrogen-bond acceptors (Lipinski definition) is 4. The third-order valence-corrected chi connectivity index (χ3v) is 2.29. The van der Waals surface area contributed by atoms with Crippen LogP contribution in [0.15, 0.2) is 4.42 Å². The Hall–Kier alpha value is -1.36. The molecule has 0 aliphatic rings. The van der Waals surface area contributed by atoms with Crippen LogP contribution < -0.4 is 10.6 Å². The maximum Gasteiger partial charge on any atom is 0.221 e. The summed E-state index contributed by atoms with van der Waals surface area (Å²) in [6.45, 7) is 7.70. The van der Waals surface area contributed by atoms with Gasteiger partial charge in [-0.15, -0.1) is 0 Å². The normalized spacial score (nSPS) is 10.4. The van der Waals surface area contributed by atoms with Crippen LogP contribution >= 0.6 is 0 Å². The highest BCUT2D eigenvalue weighted by molar-refractivity contribution is 5.75. The minimum absolute atomic E-state index is 0.00876. The lowest BCUT2D eigenvalue weighted by atomic mass is 10.4. The molecule has 1 aromatic rings. The van der Waals surface area contributed by atoms with Gasteiger partial charge in [-0.1, -0.05) is 6.92 Å². The molecule has 0 spiro atoms. The number of amides is 1. The first-order valence-electron chi connectivity index (χ1n) is 5.53. The van der Waals surface area contributed by atoms with Crippen LogP contribution in [0.25, 0.3) is 0 Å². The molecule has 5 heteroatoms. The van der Waals surface area contributed by atoms with Crippen molar-refractivity contribution >= 4 is 5.91 Å². The minimum atomic E-state index is 0.00876. The van der Waals surface area contributed by atoms with Gasteiger partial charge in [0.25, 0.3) is 0 Å². The van der Waals surface area contributed by atoms with Crippen LogP contribution in [0.5, 0.6) is 0 Å². The van der Waals surface area contributed by atoms with Crippen molar-refractivity contribution in [1.29, 1.82) is 0 Å². The van der Waals surface area contributed by atoms with Crippen molar-refractivity contribution in [2.24, 2.45) is 0 Å². The molecule has 5 nitrogen and oxygen atoms in total. The van der Waals surface area contributed by atoms with Gasteiger partial charge in [-0.05, 0) is 20.4 Å². The Balaban J connectivity index is 2.26. The van der Waals surface area contributed by atoms with E-state index < -0.39 is 0 Å². The Kier molecular flexibility index (Phi) is 4.98. The number of hydrogen-bond donors (Lipinski definition) is 2. The van der Waals surface area contributed by atoms with E-state index in [-0.39, 0.29) is 5.91 Å². The van der Waals surface area contributed by atoms with E-state index in [0.29, 0.717) is 25.4 Å². The van der Waals surface area contributed by atoms with E-state index in [1.54, 1.807) is 0 Å². The predicted molar refractivity (Wildman–Crippen MR) is 61.0 cm³/mol. The van der Waals surface area contributed by atoms with Gasteiger partial charge in [0.15, 0.2) is 0 Å². The van der Waals surface area contributed by atoms with Crippen molar-refractivity contribution in [2.45, 2.75) is 33.7 Å². The summed E-state index contributed by atoms with van der Waals surface area (Å²) in [5.74, 6) is 1.37. The van der Waals surface area contributed by atoms with Gasteiger partial charge in [-0.3, -0.25) is 4.79 Å². The van der Waals surface area contributed by atoms with E-state index >= 15 is 0 Å².